The lowest BCUT2D eigenvalue weighted by Crippen LogP contribution is -2.23. The quantitative estimate of drug-likeness (QED) is 0.842. The van der Waals surface area contributed by atoms with Gasteiger partial charge in [-0.1, -0.05) is 6.07 Å². The topological polar surface area (TPSA) is 49.3 Å². The maximum atomic E-state index is 10.8. The average molecular weight is 233 g/mol. The maximum absolute atomic E-state index is 10.8. The highest BCUT2D eigenvalue weighted by atomic mass is 16.3. The minimum Gasteiger partial charge on any atom is -0.508 e. The number of fused-ring (bicyclic) bond motifs is 1. The number of benzene rings is 1. The SMILES string of the molecule is CC(=O)NCCC1CCCc2ccc(O)cc21. The van der Waals surface area contributed by atoms with Crippen molar-refractivity contribution >= 4 is 5.91 Å². The normalized spacial score (nSPS) is 18.5. The van der Waals surface area contributed by atoms with Crippen molar-refractivity contribution < 1.29 is 9.90 Å². The molecule has 0 heterocycles. The molecule has 0 saturated heterocycles. The largest absolute Gasteiger partial charge is 0.508 e. The summed E-state index contributed by atoms with van der Waals surface area (Å²) < 4.78 is 0. The molecule has 1 unspecified atom stereocenters. The van der Waals surface area contributed by atoms with E-state index in [1.165, 1.54) is 17.5 Å². The Bertz CT molecular complexity index is 415. The molecule has 2 rings (SSSR count). The molecule has 0 fully saturated rings. The number of hydrogen-bond donors (Lipinski definition) is 2. The second-order valence-electron chi connectivity index (χ2n) is 4.74. The summed E-state index contributed by atoms with van der Waals surface area (Å²) in [6.07, 6.45) is 4.40. The van der Waals surface area contributed by atoms with E-state index in [0.29, 0.717) is 11.7 Å². The van der Waals surface area contributed by atoms with Gasteiger partial charge in [-0.2, -0.15) is 0 Å². The number of rotatable bonds is 3. The van der Waals surface area contributed by atoms with Crippen molar-refractivity contribution in [2.75, 3.05) is 6.54 Å². The van der Waals surface area contributed by atoms with Crippen LogP contribution in [0, 0.1) is 0 Å². The number of hydrogen-bond acceptors (Lipinski definition) is 2. The standard InChI is InChI=1S/C14H19NO2/c1-10(16)15-8-7-12-4-2-3-11-5-6-13(17)9-14(11)12/h5-6,9,12,17H,2-4,7-8H2,1H3,(H,15,16). The molecule has 0 saturated carbocycles. The van der Waals surface area contributed by atoms with E-state index in [9.17, 15) is 9.90 Å². The van der Waals surface area contributed by atoms with Crippen LogP contribution in [0.5, 0.6) is 5.75 Å². The lowest BCUT2D eigenvalue weighted by molar-refractivity contribution is -0.118. The second-order valence-corrected chi connectivity index (χ2v) is 4.74. The summed E-state index contributed by atoms with van der Waals surface area (Å²) in [7, 11) is 0. The summed E-state index contributed by atoms with van der Waals surface area (Å²) in [5.74, 6) is 0.838. The first-order valence-corrected chi connectivity index (χ1v) is 6.23. The molecule has 1 amide bonds. The van der Waals surface area contributed by atoms with Gasteiger partial charge in [-0.15, -0.1) is 0 Å². The number of aryl methyl sites for hydroxylation is 1. The molecule has 92 valence electrons. The first kappa shape index (κ1) is 12.0. The van der Waals surface area contributed by atoms with Crippen LogP contribution in [0.1, 0.15) is 43.2 Å². The molecule has 3 heteroatoms. The van der Waals surface area contributed by atoms with E-state index in [1.54, 1.807) is 13.0 Å². The molecule has 17 heavy (non-hydrogen) atoms. The van der Waals surface area contributed by atoms with Crippen molar-refractivity contribution in [2.24, 2.45) is 0 Å². The highest BCUT2D eigenvalue weighted by Crippen LogP contribution is 2.35. The lowest BCUT2D eigenvalue weighted by atomic mass is 9.81. The number of phenolic OH excluding ortho intramolecular Hbond substituents is 1. The molecule has 1 atom stereocenters. The van der Waals surface area contributed by atoms with Crippen molar-refractivity contribution in [1.29, 1.82) is 0 Å². The smallest absolute Gasteiger partial charge is 0.216 e. The van der Waals surface area contributed by atoms with Crippen LogP contribution in [0.15, 0.2) is 18.2 Å². The fraction of sp³-hybridized carbons (Fsp3) is 0.500. The predicted molar refractivity (Wildman–Crippen MR) is 67.1 cm³/mol. The van der Waals surface area contributed by atoms with E-state index >= 15 is 0 Å². The number of aromatic hydroxyl groups is 1. The van der Waals surface area contributed by atoms with Crippen LogP contribution in [0.25, 0.3) is 0 Å². The van der Waals surface area contributed by atoms with Gasteiger partial charge in [0.2, 0.25) is 5.91 Å². The predicted octanol–water partition coefficient (Wildman–Crippen LogP) is 2.34. The van der Waals surface area contributed by atoms with Gasteiger partial charge in [0.05, 0.1) is 0 Å². The number of phenols is 1. The zero-order valence-electron chi connectivity index (χ0n) is 10.2. The summed E-state index contributed by atoms with van der Waals surface area (Å²) in [6.45, 7) is 2.26. The van der Waals surface area contributed by atoms with Gasteiger partial charge >= 0.3 is 0 Å². The number of amides is 1. The maximum Gasteiger partial charge on any atom is 0.216 e. The third-order valence-electron chi connectivity index (χ3n) is 3.43. The Morgan fingerprint density at radius 2 is 2.35 bits per heavy atom. The average Bonchev–Trinajstić information content (AvgIpc) is 2.29. The van der Waals surface area contributed by atoms with Gasteiger partial charge in [0, 0.05) is 13.5 Å². The Labute approximate surface area is 102 Å². The van der Waals surface area contributed by atoms with Gasteiger partial charge in [0.15, 0.2) is 0 Å². The summed E-state index contributed by atoms with van der Waals surface area (Å²) >= 11 is 0. The van der Waals surface area contributed by atoms with Crippen LogP contribution < -0.4 is 5.32 Å². The van der Waals surface area contributed by atoms with Gasteiger partial charge in [-0.3, -0.25) is 4.79 Å². The molecule has 0 radical (unpaired) electrons. The Kier molecular flexibility index (Phi) is 3.67. The third kappa shape index (κ3) is 2.99. The van der Waals surface area contributed by atoms with Gasteiger partial charge in [-0.25, -0.2) is 0 Å². The summed E-state index contributed by atoms with van der Waals surface area (Å²) in [5.41, 5.74) is 2.61. The summed E-state index contributed by atoms with van der Waals surface area (Å²) in [4.78, 5) is 10.8. The van der Waals surface area contributed by atoms with E-state index in [1.807, 2.05) is 12.1 Å². The van der Waals surface area contributed by atoms with E-state index in [4.69, 9.17) is 0 Å². The van der Waals surface area contributed by atoms with Gasteiger partial charge in [0.1, 0.15) is 5.75 Å². The number of carbonyl (C=O) groups excluding carboxylic acids is 1. The monoisotopic (exact) mass is 233 g/mol. The van der Waals surface area contributed by atoms with Gasteiger partial charge in [-0.05, 0) is 54.9 Å². The highest BCUT2D eigenvalue weighted by Gasteiger charge is 2.20. The van der Waals surface area contributed by atoms with Crippen molar-refractivity contribution in [3.05, 3.63) is 29.3 Å². The first-order chi connectivity index (χ1) is 8.16. The molecule has 2 N–H and O–H groups in total. The Morgan fingerprint density at radius 3 is 3.12 bits per heavy atom. The molecule has 0 aliphatic heterocycles. The molecular formula is C14H19NO2. The fourth-order valence-corrected chi connectivity index (χ4v) is 2.61. The minimum atomic E-state index is 0.0249. The van der Waals surface area contributed by atoms with Crippen LogP contribution in [0.3, 0.4) is 0 Å². The van der Waals surface area contributed by atoms with E-state index in [-0.39, 0.29) is 5.91 Å². The number of nitrogens with one attached hydrogen (secondary N) is 1. The molecule has 1 aromatic rings. The van der Waals surface area contributed by atoms with Crippen LogP contribution >= 0.6 is 0 Å². The van der Waals surface area contributed by atoms with Crippen LogP contribution in [0.4, 0.5) is 0 Å². The van der Waals surface area contributed by atoms with Crippen molar-refractivity contribution in [3.8, 4) is 5.75 Å². The van der Waals surface area contributed by atoms with E-state index < -0.39 is 0 Å². The Hall–Kier alpha value is -1.51. The van der Waals surface area contributed by atoms with Crippen LogP contribution in [0.2, 0.25) is 0 Å². The van der Waals surface area contributed by atoms with E-state index in [0.717, 1.165) is 25.8 Å². The molecule has 1 aliphatic carbocycles. The zero-order chi connectivity index (χ0) is 12.3. The van der Waals surface area contributed by atoms with E-state index in [2.05, 4.69) is 5.32 Å². The molecule has 1 aromatic carbocycles. The molecule has 0 bridgehead atoms. The summed E-state index contributed by atoms with van der Waals surface area (Å²) in [5, 5.41) is 12.4. The Morgan fingerprint density at radius 1 is 1.53 bits per heavy atom. The van der Waals surface area contributed by atoms with Crippen LogP contribution in [-0.2, 0) is 11.2 Å². The summed E-state index contributed by atoms with van der Waals surface area (Å²) in [6, 6.07) is 5.66. The molecular weight excluding hydrogens is 214 g/mol. The zero-order valence-corrected chi connectivity index (χ0v) is 10.2. The number of carbonyl (C=O) groups is 1. The molecule has 3 nitrogen and oxygen atoms in total. The minimum absolute atomic E-state index is 0.0249. The fourth-order valence-electron chi connectivity index (χ4n) is 2.61. The molecule has 1 aliphatic rings. The van der Waals surface area contributed by atoms with Crippen molar-refractivity contribution in [3.63, 3.8) is 0 Å². The lowest BCUT2D eigenvalue weighted by Gasteiger charge is -2.25. The first-order valence-electron chi connectivity index (χ1n) is 6.23. The Balaban J connectivity index is 2.05. The van der Waals surface area contributed by atoms with Crippen molar-refractivity contribution in [2.45, 2.75) is 38.5 Å². The van der Waals surface area contributed by atoms with Gasteiger partial charge < -0.3 is 10.4 Å². The third-order valence-corrected chi connectivity index (χ3v) is 3.43. The molecule has 0 spiro atoms. The molecule has 0 aromatic heterocycles. The van der Waals surface area contributed by atoms with Crippen LogP contribution in [-0.4, -0.2) is 17.6 Å². The van der Waals surface area contributed by atoms with Gasteiger partial charge in [0.25, 0.3) is 0 Å². The van der Waals surface area contributed by atoms with Crippen molar-refractivity contribution in [1.82, 2.24) is 5.32 Å². The highest BCUT2D eigenvalue weighted by molar-refractivity contribution is 5.72. The second kappa shape index (κ2) is 5.21.